The van der Waals surface area contributed by atoms with Crippen LogP contribution in [0.3, 0.4) is 0 Å². The number of allylic oxidation sites excluding steroid dienone is 2. The second-order valence-electron chi connectivity index (χ2n) is 5.08. The maximum atomic E-state index is 5.80. The Kier molecular flexibility index (Phi) is 4.77. The van der Waals surface area contributed by atoms with Crippen LogP contribution in [0, 0.1) is 5.92 Å². The molecular formula is C16H22N2O. The van der Waals surface area contributed by atoms with Crippen molar-refractivity contribution in [3.8, 4) is 0 Å². The molecule has 1 aromatic rings. The predicted octanol–water partition coefficient (Wildman–Crippen LogP) is 2.69. The van der Waals surface area contributed by atoms with Gasteiger partial charge >= 0.3 is 0 Å². The largest absolute Gasteiger partial charge is 0.363 e. The van der Waals surface area contributed by atoms with Gasteiger partial charge in [0.2, 0.25) is 0 Å². The molecule has 0 saturated heterocycles. The van der Waals surface area contributed by atoms with Crippen LogP contribution in [0.2, 0.25) is 0 Å². The molecule has 0 saturated carbocycles. The Balaban J connectivity index is 1.82. The number of ether oxygens (including phenoxy) is 1. The van der Waals surface area contributed by atoms with Crippen LogP contribution in [0.15, 0.2) is 48.2 Å². The summed E-state index contributed by atoms with van der Waals surface area (Å²) in [4.78, 5) is 0. The molecule has 1 aromatic carbocycles. The fraction of sp³-hybridized carbons (Fsp3) is 0.375. The van der Waals surface area contributed by atoms with Gasteiger partial charge in [-0.1, -0.05) is 44.2 Å². The molecule has 1 aliphatic rings. The van der Waals surface area contributed by atoms with Gasteiger partial charge in [-0.25, -0.2) is 0 Å². The molecule has 1 atom stereocenters. The zero-order chi connectivity index (χ0) is 13.7. The van der Waals surface area contributed by atoms with E-state index in [4.69, 9.17) is 10.5 Å². The average molecular weight is 258 g/mol. The lowest BCUT2D eigenvalue weighted by Gasteiger charge is -2.20. The topological polar surface area (TPSA) is 47.3 Å². The second kappa shape index (κ2) is 6.55. The minimum atomic E-state index is -0.0447. The number of hydrogen-bond donors (Lipinski definition) is 2. The van der Waals surface area contributed by atoms with Gasteiger partial charge in [-0.05, 0) is 28.7 Å². The lowest BCUT2D eigenvalue weighted by Crippen LogP contribution is -2.28. The first-order valence-electron chi connectivity index (χ1n) is 6.73. The molecule has 19 heavy (non-hydrogen) atoms. The molecule has 2 rings (SSSR count). The van der Waals surface area contributed by atoms with Crippen molar-refractivity contribution >= 4 is 0 Å². The Bertz CT molecular complexity index is 460. The van der Waals surface area contributed by atoms with Gasteiger partial charge < -0.3 is 15.8 Å². The molecule has 102 valence electrons. The summed E-state index contributed by atoms with van der Waals surface area (Å²) < 4.78 is 5.80. The highest BCUT2D eigenvalue weighted by Gasteiger charge is 2.09. The van der Waals surface area contributed by atoms with Crippen molar-refractivity contribution in [1.29, 1.82) is 0 Å². The minimum absolute atomic E-state index is 0.0447. The number of nitrogens with two attached hydrogens (primary N) is 1. The van der Waals surface area contributed by atoms with Crippen LogP contribution in [-0.4, -0.2) is 6.23 Å². The quantitative estimate of drug-likeness (QED) is 0.853. The zero-order valence-corrected chi connectivity index (χ0v) is 11.6. The first-order chi connectivity index (χ1) is 9.19. The van der Waals surface area contributed by atoms with Crippen LogP contribution in [0.25, 0.3) is 0 Å². The summed E-state index contributed by atoms with van der Waals surface area (Å²) in [5, 5.41) is 3.25. The molecule has 3 heteroatoms. The number of hydrogen-bond acceptors (Lipinski definition) is 3. The highest BCUT2D eigenvalue weighted by molar-refractivity contribution is 5.25. The normalized spacial score (nSPS) is 18.3. The highest BCUT2D eigenvalue weighted by atomic mass is 16.5. The molecule has 1 heterocycles. The summed E-state index contributed by atoms with van der Waals surface area (Å²) in [5.74, 6) is 0.536. The van der Waals surface area contributed by atoms with Gasteiger partial charge in [-0.3, -0.25) is 0 Å². The van der Waals surface area contributed by atoms with E-state index in [1.54, 1.807) is 0 Å². The van der Waals surface area contributed by atoms with E-state index in [0.717, 1.165) is 11.1 Å². The van der Waals surface area contributed by atoms with E-state index in [1.807, 2.05) is 18.3 Å². The van der Waals surface area contributed by atoms with Crippen molar-refractivity contribution in [2.24, 2.45) is 11.7 Å². The average Bonchev–Trinajstić information content (AvgIpc) is 2.46. The fourth-order valence-electron chi connectivity index (χ4n) is 1.90. The molecule has 0 spiro atoms. The minimum Gasteiger partial charge on any atom is -0.363 e. The van der Waals surface area contributed by atoms with Crippen molar-refractivity contribution < 1.29 is 4.74 Å². The Morgan fingerprint density at radius 1 is 1.21 bits per heavy atom. The van der Waals surface area contributed by atoms with Crippen LogP contribution in [0.1, 0.15) is 25.0 Å². The molecule has 0 aromatic heterocycles. The Labute approximate surface area is 115 Å². The maximum absolute atomic E-state index is 5.80. The molecule has 3 N–H and O–H groups in total. The van der Waals surface area contributed by atoms with Gasteiger partial charge in [0, 0.05) is 12.7 Å². The summed E-state index contributed by atoms with van der Waals surface area (Å²) in [6, 6.07) is 8.20. The number of nitrogens with one attached hydrogen (secondary N) is 1. The second-order valence-corrected chi connectivity index (χ2v) is 5.08. The van der Waals surface area contributed by atoms with Crippen molar-refractivity contribution in [1.82, 2.24) is 5.32 Å². The summed E-state index contributed by atoms with van der Waals surface area (Å²) in [6.07, 6.45) is 6.18. The number of dihydropyridines is 1. The first kappa shape index (κ1) is 13.8. The SMILES string of the molecule is CC(C)C1=CNC(OCc2ccc(CN)cc2)C=C1. The molecule has 1 aliphatic heterocycles. The number of rotatable bonds is 5. The standard InChI is InChI=1S/C16H22N2O/c1-12(2)15-7-8-16(18-10-15)19-11-14-5-3-13(9-17)4-6-14/h3-8,10,12,16,18H,9,11,17H2,1-2H3. The van der Waals surface area contributed by atoms with E-state index < -0.39 is 0 Å². The summed E-state index contributed by atoms with van der Waals surface area (Å²) in [7, 11) is 0. The molecule has 0 amide bonds. The molecular weight excluding hydrogens is 236 g/mol. The van der Waals surface area contributed by atoms with Gasteiger partial charge in [-0.2, -0.15) is 0 Å². The van der Waals surface area contributed by atoms with E-state index in [-0.39, 0.29) is 6.23 Å². The van der Waals surface area contributed by atoms with Gasteiger partial charge in [-0.15, -0.1) is 0 Å². The highest BCUT2D eigenvalue weighted by Crippen LogP contribution is 2.15. The molecule has 3 nitrogen and oxygen atoms in total. The summed E-state index contributed by atoms with van der Waals surface area (Å²) in [5.41, 5.74) is 9.17. The third kappa shape index (κ3) is 3.94. The third-order valence-electron chi connectivity index (χ3n) is 3.23. The van der Waals surface area contributed by atoms with Crippen LogP contribution < -0.4 is 11.1 Å². The van der Waals surface area contributed by atoms with Crippen LogP contribution in [0.4, 0.5) is 0 Å². The number of benzene rings is 1. The molecule has 0 aliphatic carbocycles. The van der Waals surface area contributed by atoms with Gasteiger partial charge in [0.05, 0.1) is 6.61 Å². The summed E-state index contributed by atoms with van der Waals surface area (Å²) in [6.45, 7) is 5.53. The van der Waals surface area contributed by atoms with Crippen molar-refractivity contribution in [3.05, 3.63) is 59.3 Å². The molecule has 0 radical (unpaired) electrons. The summed E-state index contributed by atoms with van der Waals surface area (Å²) >= 11 is 0. The zero-order valence-electron chi connectivity index (χ0n) is 11.6. The van der Waals surface area contributed by atoms with Crippen LogP contribution in [0.5, 0.6) is 0 Å². The Morgan fingerprint density at radius 3 is 2.42 bits per heavy atom. The predicted molar refractivity (Wildman–Crippen MR) is 78.1 cm³/mol. The molecule has 0 fully saturated rings. The van der Waals surface area contributed by atoms with Gasteiger partial charge in [0.25, 0.3) is 0 Å². The lowest BCUT2D eigenvalue weighted by atomic mass is 10.0. The molecule has 0 bridgehead atoms. The van der Waals surface area contributed by atoms with Crippen LogP contribution >= 0.6 is 0 Å². The van der Waals surface area contributed by atoms with Crippen molar-refractivity contribution in [2.45, 2.75) is 33.2 Å². The smallest absolute Gasteiger partial charge is 0.147 e. The fourth-order valence-corrected chi connectivity index (χ4v) is 1.90. The monoisotopic (exact) mass is 258 g/mol. The third-order valence-corrected chi connectivity index (χ3v) is 3.23. The van der Waals surface area contributed by atoms with E-state index in [1.165, 1.54) is 5.57 Å². The van der Waals surface area contributed by atoms with Gasteiger partial charge in [0.15, 0.2) is 0 Å². The first-order valence-corrected chi connectivity index (χ1v) is 6.73. The van der Waals surface area contributed by atoms with Crippen LogP contribution in [-0.2, 0) is 17.9 Å². The van der Waals surface area contributed by atoms with E-state index in [0.29, 0.717) is 19.1 Å². The van der Waals surface area contributed by atoms with Gasteiger partial charge in [0.1, 0.15) is 6.23 Å². The van der Waals surface area contributed by atoms with Crippen molar-refractivity contribution in [3.63, 3.8) is 0 Å². The molecule has 1 unspecified atom stereocenters. The Morgan fingerprint density at radius 2 is 1.89 bits per heavy atom. The lowest BCUT2D eigenvalue weighted by molar-refractivity contribution is 0.0576. The Hall–Kier alpha value is -1.58. The van der Waals surface area contributed by atoms with Crippen molar-refractivity contribution in [2.75, 3.05) is 0 Å². The van der Waals surface area contributed by atoms with E-state index >= 15 is 0 Å². The van der Waals surface area contributed by atoms with E-state index in [2.05, 4.69) is 43.4 Å². The van der Waals surface area contributed by atoms with E-state index in [9.17, 15) is 0 Å². The maximum Gasteiger partial charge on any atom is 0.147 e.